The molecule has 2 heterocycles. The van der Waals surface area contributed by atoms with Crippen molar-refractivity contribution in [3.05, 3.63) is 53.9 Å². The molecule has 1 unspecified atom stereocenters. The van der Waals surface area contributed by atoms with Crippen LogP contribution in [0, 0.1) is 5.92 Å². The fourth-order valence-corrected chi connectivity index (χ4v) is 3.21. The summed E-state index contributed by atoms with van der Waals surface area (Å²) in [5.74, 6) is 0.340. The Bertz CT molecular complexity index is 645. The fourth-order valence-electron chi connectivity index (χ4n) is 3.21. The van der Waals surface area contributed by atoms with E-state index in [1.165, 1.54) is 0 Å². The Morgan fingerprint density at radius 3 is 2.57 bits per heavy atom. The summed E-state index contributed by atoms with van der Waals surface area (Å²) in [6, 6.07) is 11.7. The first kappa shape index (κ1) is 15.7. The molecular weight excluding hydrogens is 290 g/mol. The highest BCUT2D eigenvalue weighted by atomic mass is 16.3. The third kappa shape index (κ3) is 3.79. The molecule has 1 atom stereocenters. The maximum Gasteiger partial charge on any atom is 0.228 e. The largest absolute Gasteiger partial charge is 0.388 e. The number of rotatable bonds is 4. The zero-order valence-corrected chi connectivity index (χ0v) is 13.4. The number of piperidine rings is 1. The molecule has 1 aromatic carbocycles. The van der Waals surface area contributed by atoms with Crippen molar-refractivity contribution >= 4 is 5.91 Å². The second-order valence-corrected chi connectivity index (χ2v) is 6.23. The van der Waals surface area contributed by atoms with Crippen molar-refractivity contribution in [3.8, 4) is 0 Å². The van der Waals surface area contributed by atoms with Crippen LogP contribution in [0.15, 0.2) is 42.6 Å². The van der Waals surface area contributed by atoms with Gasteiger partial charge in [0, 0.05) is 26.3 Å². The molecule has 1 aromatic heterocycles. The zero-order chi connectivity index (χ0) is 16.2. The summed E-state index contributed by atoms with van der Waals surface area (Å²) in [5.41, 5.74) is 1.77. The lowest BCUT2D eigenvalue weighted by Crippen LogP contribution is -2.40. The molecule has 5 nitrogen and oxygen atoms in total. The van der Waals surface area contributed by atoms with E-state index in [1.807, 2.05) is 54.5 Å². The number of hydrogen-bond acceptors (Lipinski definition) is 3. The van der Waals surface area contributed by atoms with Crippen LogP contribution in [0.25, 0.3) is 0 Å². The molecule has 2 aromatic rings. The second-order valence-electron chi connectivity index (χ2n) is 6.23. The summed E-state index contributed by atoms with van der Waals surface area (Å²) in [5, 5.41) is 14.7. The molecule has 1 aliphatic heterocycles. The molecule has 0 saturated carbocycles. The summed E-state index contributed by atoms with van der Waals surface area (Å²) >= 11 is 0. The van der Waals surface area contributed by atoms with E-state index in [4.69, 9.17) is 0 Å². The van der Waals surface area contributed by atoms with Crippen LogP contribution in [-0.2, 0) is 18.3 Å². The van der Waals surface area contributed by atoms with Gasteiger partial charge in [0.2, 0.25) is 5.91 Å². The summed E-state index contributed by atoms with van der Waals surface area (Å²) in [6.45, 7) is 1.42. The van der Waals surface area contributed by atoms with Crippen LogP contribution >= 0.6 is 0 Å². The summed E-state index contributed by atoms with van der Waals surface area (Å²) in [7, 11) is 1.85. The first-order valence-electron chi connectivity index (χ1n) is 8.13. The monoisotopic (exact) mass is 313 g/mol. The molecule has 0 radical (unpaired) electrons. The van der Waals surface area contributed by atoms with Crippen molar-refractivity contribution in [3.63, 3.8) is 0 Å². The van der Waals surface area contributed by atoms with Gasteiger partial charge in [0.1, 0.15) is 0 Å². The molecule has 0 aliphatic carbocycles. The predicted molar refractivity (Wildman–Crippen MR) is 87.6 cm³/mol. The Balaban J connectivity index is 1.53. The van der Waals surface area contributed by atoms with Gasteiger partial charge in [-0.25, -0.2) is 0 Å². The Morgan fingerprint density at radius 2 is 1.96 bits per heavy atom. The normalized spacial score (nSPS) is 17.2. The average Bonchev–Trinajstić information content (AvgIpc) is 3.00. The van der Waals surface area contributed by atoms with E-state index >= 15 is 0 Å². The molecular formula is C18H23N3O2. The highest BCUT2D eigenvalue weighted by Crippen LogP contribution is 2.30. The first-order valence-corrected chi connectivity index (χ1v) is 8.13. The highest BCUT2D eigenvalue weighted by Gasteiger charge is 2.28. The maximum atomic E-state index is 12.3. The van der Waals surface area contributed by atoms with E-state index in [0.717, 1.165) is 24.1 Å². The van der Waals surface area contributed by atoms with Gasteiger partial charge < -0.3 is 10.0 Å². The van der Waals surface area contributed by atoms with Crippen LogP contribution in [-0.4, -0.2) is 38.8 Å². The molecule has 122 valence electrons. The van der Waals surface area contributed by atoms with Crippen molar-refractivity contribution in [2.24, 2.45) is 13.0 Å². The van der Waals surface area contributed by atoms with E-state index in [0.29, 0.717) is 19.5 Å². The Hall–Kier alpha value is -2.14. The number of aromatic nitrogens is 2. The van der Waals surface area contributed by atoms with Gasteiger partial charge >= 0.3 is 0 Å². The van der Waals surface area contributed by atoms with E-state index in [-0.39, 0.29) is 11.8 Å². The summed E-state index contributed by atoms with van der Waals surface area (Å²) < 4.78 is 1.71. The van der Waals surface area contributed by atoms with Crippen molar-refractivity contribution in [2.75, 3.05) is 13.1 Å². The molecule has 1 fully saturated rings. The number of aryl methyl sites for hydroxylation is 1. The molecule has 1 saturated heterocycles. The predicted octanol–water partition coefficient (Wildman–Crippen LogP) is 1.93. The lowest BCUT2D eigenvalue weighted by Gasteiger charge is -2.34. The number of hydrogen-bond donors (Lipinski definition) is 1. The highest BCUT2D eigenvalue weighted by molar-refractivity contribution is 5.78. The number of benzene rings is 1. The van der Waals surface area contributed by atoms with E-state index in [2.05, 4.69) is 5.10 Å². The van der Waals surface area contributed by atoms with Crippen molar-refractivity contribution in [2.45, 2.75) is 25.4 Å². The number of nitrogens with zero attached hydrogens (tertiary/aromatic N) is 3. The fraction of sp³-hybridized carbons (Fsp3) is 0.444. The lowest BCUT2D eigenvalue weighted by molar-refractivity contribution is -0.132. The number of carbonyl (C=O) groups is 1. The standard InChI is InChI=1S/C18H23N3O2/c1-20-10-9-16(19-20)13-17(22)21-11-7-15(8-12-21)18(23)14-5-3-2-4-6-14/h2-6,9-10,15,18,23H,7-8,11-13H2,1H3. The van der Waals surface area contributed by atoms with Crippen molar-refractivity contribution < 1.29 is 9.90 Å². The smallest absolute Gasteiger partial charge is 0.228 e. The van der Waals surface area contributed by atoms with Gasteiger partial charge in [0.15, 0.2) is 0 Å². The maximum absolute atomic E-state index is 12.3. The van der Waals surface area contributed by atoms with Gasteiger partial charge in [-0.1, -0.05) is 30.3 Å². The van der Waals surface area contributed by atoms with Gasteiger partial charge in [-0.15, -0.1) is 0 Å². The molecule has 0 spiro atoms. The molecule has 0 bridgehead atoms. The summed E-state index contributed by atoms with van der Waals surface area (Å²) in [6.07, 6.45) is 3.44. The third-order valence-corrected chi connectivity index (χ3v) is 4.58. The number of carbonyl (C=O) groups excluding carboxylic acids is 1. The van der Waals surface area contributed by atoms with Crippen molar-refractivity contribution in [1.29, 1.82) is 0 Å². The van der Waals surface area contributed by atoms with E-state index in [1.54, 1.807) is 4.68 Å². The minimum Gasteiger partial charge on any atom is -0.388 e. The Labute approximate surface area is 136 Å². The second kappa shape index (κ2) is 6.96. The number of likely N-dealkylation sites (tertiary alicyclic amines) is 1. The quantitative estimate of drug-likeness (QED) is 0.938. The molecule has 23 heavy (non-hydrogen) atoms. The summed E-state index contributed by atoms with van der Waals surface area (Å²) in [4.78, 5) is 14.2. The average molecular weight is 313 g/mol. The topological polar surface area (TPSA) is 58.4 Å². The van der Waals surface area contributed by atoms with Gasteiger partial charge in [-0.3, -0.25) is 9.48 Å². The third-order valence-electron chi connectivity index (χ3n) is 4.58. The zero-order valence-electron chi connectivity index (χ0n) is 13.4. The van der Waals surface area contributed by atoms with Gasteiger partial charge in [-0.05, 0) is 30.4 Å². The molecule has 1 amide bonds. The Kier molecular flexibility index (Phi) is 4.76. The van der Waals surface area contributed by atoms with Crippen LogP contribution in [0.1, 0.15) is 30.2 Å². The van der Waals surface area contributed by atoms with Crippen LogP contribution in [0.5, 0.6) is 0 Å². The number of amides is 1. The van der Waals surface area contributed by atoms with Crippen LogP contribution in [0.3, 0.4) is 0 Å². The van der Waals surface area contributed by atoms with Gasteiger partial charge in [-0.2, -0.15) is 5.10 Å². The van der Waals surface area contributed by atoms with Crippen LogP contribution in [0.4, 0.5) is 0 Å². The van der Waals surface area contributed by atoms with E-state index < -0.39 is 6.10 Å². The SMILES string of the molecule is Cn1ccc(CC(=O)N2CCC(C(O)c3ccccc3)CC2)n1. The van der Waals surface area contributed by atoms with Gasteiger partial charge in [0.05, 0.1) is 18.2 Å². The Morgan fingerprint density at radius 1 is 1.26 bits per heavy atom. The first-order chi connectivity index (χ1) is 11.1. The molecule has 1 N–H and O–H groups in total. The molecule has 5 heteroatoms. The number of aliphatic hydroxyl groups excluding tert-OH is 1. The van der Waals surface area contributed by atoms with E-state index in [9.17, 15) is 9.90 Å². The van der Waals surface area contributed by atoms with Crippen LogP contribution in [0.2, 0.25) is 0 Å². The molecule has 3 rings (SSSR count). The van der Waals surface area contributed by atoms with Gasteiger partial charge in [0.25, 0.3) is 0 Å². The number of aliphatic hydroxyl groups is 1. The minimum atomic E-state index is -0.441. The van der Waals surface area contributed by atoms with Crippen molar-refractivity contribution in [1.82, 2.24) is 14.7 Å². The molecule has 1 aliphatic rings. The minimum absolute atomic E-state index is 0.122. The van der Waals surface area contributed by atoms with Crippen LogP contribution < -0.4 is 0 Å². The lowest BCUT2D eigenvalue weighted by atomic mass is 9.87.